The number of nitrogens with one attached hydrogen (secondary N) is 2. The number of imide groups is 1. The third kappa shape index (κ3) is 4.23. The maximum absolute atomic E-state index is 14.2. The summed E-state index contributed by atoms with van der Waals surface area (Å²) in [5, 5.41) is 6.42. The van der Waals surface area contributed by atoms with E-state index in [0.29, 0.717) is 44.2 Å². The number of fused-ring (bicyclic) bond motifs is 5. The van der Waals surface area contributed by atoms with E-state index in [-0.39, 0.29) is 41.3 Å². The molecule has 2 amide bonds. The summed E-state index contributed by atoms with van der Waals surface area (Å²) in [5.74, 6) is 0.577. The fourth-order valence-electron chi connectivity index (χ4n) is 5.15. The van der Waals surface area contributed by atoms with Crippen LogP contribution in [0.3, 0.4) is 0 Å². The molecule has 4 rings (SSSR count). The van der Waals surface area contributed by atoms with Gasteiger partial charge in [0.1, 0.15) is 5.82 Å². The number of allylic oxidation sites excluding steroid dienone is 2. The second-order valence-corrected chi connectivity index (χ2v) is 8.98. The number of rotatable bonds is 8. The van der Waals surface area contributed by atoms with Crippen molar-refractivity contribution in [3.8, 4) is 0 Å². The molecule has 2 bridgehead atoms. The predicted octanol–water partition coefficient (Wildman–Crippen LogP) is 2.14. The molecular weight excluding hydrogens is 409 g/mol. The monoisotopic (exact) mass is 441 g/mol. The number of benzene rings is 1. The number of halogens is 1. The van der Waals surface area contributed by atoms with E-state index in [1.807, 2.05) is 13.0 Å². The van der Waals surface area contributed by atoms with E-state index in [4.69, 9.17) is 0 Å². The highest BCUT2D eigenvalue weighted by molar-refractivity contribution is 6.06. The number of nitrogens with zero attached hydrogens (tertiary/aromatic N) is 3. The Bertz CT molecular complexity index is 914. The van der Waals surface area contributed by atoms with Crippen molar-refractivity contribution in [1.82, 2.24) is 15.5 Å². The van der Waals surface area contributed by atoms with Gasteiger partial charge in [0.2, 0.25) is 11.8 Å². The Morgan fingerprint density at radius 3 is 2.44 bits per heavy atom. The molecule has 8 heteroatoms. The number of carbonyl (C=O) groups excluding carboxylic acids is 2. The first kappa shape index (κ1) is 22.3. The molecule has 2 aliphatic carbocycles. The molecule has 1 aromatic rings. The minimum absolute atomic E-state index is 0.000575. The first-order valence-electron chi connectivity index (χ1n) is 11.4. The van der Waals surface area contributed by atoms with Gasteiger partial charge in [-0.25, -0.2) is 9.38 Å². The largest absolute Gasteiger partial charge is 0.375 e. The van der Waals surface area contributed by atoms with Crippen molar-refractivity contribution in [2.45, 2.75) is 26.3 Å². The van der Waals surface area contributed by atoms with Gasteiger partial charge < -0.3 is 15.5 Å². The maximum Gasteiger partial charge on any atom is 0.233 e. The van der Waals surface area contributed by atoms with E-state index in [1.54, 1.807) is 25.1 Å². The molecule has 1 saturated carbocycles. The number of hydrogen-bond acceptors (Lipinski definition) is 4. The van der Waals surface area contributed by atoms with Gasteiger partial charge in [-0.05, 0) is 49.3 Å². The van der Waals surface area contributed by atoms with Crippen LogP contribution in [0.15, 0.2) is 35.3 Å². The molecule has 1 saturated heterocycles. The molecule has 0 aromatic heterocycles. The number of guanidine groups is 1. The molecule has 3 aliphatic rings. The van der Waals surface area contributed by atoms with Crippen LogP contribution in [0.5, 0.6) is 0 Å². The fourth-order valence-corrected chi connectivity index (χ4v) is 5.15. The third-order valence-electron chi connectivity index (χ3n) is 6.67. The summed E-state index contributed by atoms with van der Waals surface area (Å²) in [5.41, 5.74) is 1.33. The molecular formula is C24H32FN5O2. The molecule has 4 atom stereocenters. The van der Waals surface area contributed by atoms with E-state index >= 15 is 0 Å². The van der Waals surface area contributed by atoms with Crippen LogP contribution in [0.1, 0.15) is 25.3 Å². The first-order valence-corrected chi connectivity index (χ1v) is 11.4. The van der Waals surface area contributed by atoms with Gasteiger partial charge in [0.15, 0.2) is 5.96 Å². The molecule has 2 fully saturated rings. The van der Waals surface area contributed by atoms with Crippen molar-refractivity contribution < 1.29 is 14.0 Å². The zero-order valence-electron chi connectivity index (χ0n) is 19.0. The number of amides is 2. The first-order chi connectivity index (χ1) is 15.4. The summed E-state index contributed by atoms with van der Waals surface area (Å²) in [4.78, 5) is 33.2. The average Bonchev–Trinajstić information content (AvgIpc) is 3.44. The van der Waals surface area contributed by atoms with Crippen LogP contribution in [-0.4, -0.2) is 56.4 Å². The lowest BCUT2D eigenvalue weighted by molar-refractivity contribution is -0.140. The van der Waals surface area contributed by atoms with Crippen LogP contribution in [0, 0.1) is 29.5 Å². The average molecular weight is 442 g/mol. The third-order valence-corrected chi connectivity index (χ3v) is 6.67. The van der Waals surface area contributed by atoms with Crippen LogP contribution >= 0.6 is 0 Å². The molecule has 172 valence electrons. The lowest BCUT2D eigenvalue weighted by Gasteiger charge is -2.18. The van der Waals surface area contributed by atoms with Gasteiger partial charge in [-0.2, -0.15) is 0 Å². The Hall–Kier alpha value is -2.90. The fraction of sp³-hybridized carbons (Fsp3) is 0.542. The van der Waals surface area contributed by atoms with Crippen molar-refractivity contribution in [3.63, 3.8) is 0 Å². The minimum atomic E-state index is -0.269. The Kier molecular flexibility index (Phi) is 6.48. The highest BCUT2D eigenvalue weighted by Gasteiger charge is 2.58. The Morgan fingerprint density at radius 2 is 1.84 bits per heavy atom. The molecule has 1 aliphatic heterocycles. The number of likely N-dealkylation sites (tertiary alicyclic amines) is 1. The van der Waals surface area contributed by atoms with Crippen LogP contribution < -0.4 is 15.5 Å². The van der Waals surface area contributed by atoms with E-state index in [0.717, 1.165) is 12.0 Å². The highest BCUT2D eigenvalue weighted by Crippen LogP contribution is 2.52. The minimum Gasteiger partial charge on any atom is -0.375 e. The maximum atomic E-state index is 14.2. The quantitative estimate of drug-likeness (QED) is 0.213. The summed E-state index contributed by atoms with van der Waals surface area (Å²) >= 11 is 0. The predicted molar refractivity (Wildman–Crippen MR) is 123 cm³/mol. The molecule has 1 aromatic carbocycles. The summed E-state index contributed by atoms with van der Waals surface area (Å²) < 4.78 is 14.2. The van der Waals surface area contributed by atoms with E-state index in [2.05, 4.69) is 27.8 Å². The van der Waals surface area contributed by atoms with Gasteiger partial charge in [0.25, 0.3) is 0 Å². The van der Waals surface area contributed by atoms with Gasteiger partial charge >= 0.3 is 0 Å². The van der Waals surface area contributed by atoms with E-state index < -0.39 is 0 Å². The highest BCUT2D eigenvalue weighted by atomic mass is 19.1. The molecule has 2 N–H and O–H groups in total. The van der Waals surface area contributed by atoms with Crippen LogP contribution in [0.4, 0.5) is 10.1 Å². The van der Waals surface area contributed by atoms with Gasteiger partial charge in [-0.1, -0.05) is 18.2 Å². The zero-order chi connectivity index (χ0) is 22.8. The van der Waals surface area contributed by atoms with Crippen LogP contribution in [0.25, 0.3) is 0 Å². The zero-order valence-corrected chi connectivity index (χ0v) is 19.0. The van der Waals surface area contributed by atoms with E-state index in [1.165, 1.54) is 11.0 Å². The van der Waals surface area contributed by atoms with Crippen LogP contribution in [-0.2, 0) is 16.1 Å². The number of aliphatic imine (C=N–C) groups is 1. The molecule has 32 heavy (non-hydrogen) atoms. The Balaban J connectivity index is 1.28. The van der Waals surface area contributed by atoms with Gasteiger partial charge in [0, 0.05) is 33.7 Å². The van der Waals surface area contributed by atoms with Crippen LogP contribution in [0.2, 0.25) is 0 Å². The summed E-state index contributed by atoms with van der Waals surface area (Å²) in [7, 11) is 3.61. The normalized spacial score (nSPS) is 26.1. The van der Waals surface area contributed by atoms with Crippen molar-refractivity contribution in [1.29, 1.82) is 0 Å². The van der Waals surface area contributed by atoms with Crippen molar-refractivity contribution in [2.75, 3.05) is 38.6 Å². The Labute approximate surface area is 188 Å². The Morgan fingerprint density at radius 1 is 1.16 bits per heavy atom. The second-order valence-electron chi connectivity index (χ2n) is 8.98. The summed E-state index contributed by atoms with van der Waals surface area (Å²) in [6.45, 7) is 4.03. The standard InChI is InChI=1S/C24H32FN5O2/c1-4-26-24(28-14-15-6-9-19(29(2)3)18(25)12-15)27-10-5-11-30-22(31)20-16-7-8-17(13-16)21(20)23(30)32/h6-9,12,16-17,20-21H,4-5,10-11,13-14H2,1-3H3,(H2,26,27,28). The lowest BCUT2D eigenvalue weighted by atomic mass is 9.85. The molecule has 1 heterocycles. The van der Waals surface area contributed by atoms with Gasteiger partial charge in [-0.15, -0.1) is 0 Å². The van der Waals surface area contributed by atoms with Crippen molar-refractivity contribution in [3.05, 3.63) is 41.7 Å². The van der Waals surface area contributed by atoms with Crippen molar-refractivity contribution >= 4 is 23.5 Å². The lowest BCUT2D eigenvalue weighted by Crippen LogP contribution is -2.40. The van der Waals surface area contributed by atoms with Gasteiger partial charge in [0.05, 0.1) is 24.1 Å². The molecule has 0 radical (unpaired) electrons. The van der Waals surface area contributed by atoms with E-state index in [9.17, 15) is 14.0 Å². The summed E-state index contributed by atoms with van der Waals surface area (Å²) in [6.07, 6.45) is 5.82. The molecule has 7 nitrogen and oxygen atoms in total. The molecule has 0 spiro atoms. The number of carbonyl (C=O) groups is 2. The topological polar surface area (TPSA) is 77.0 Å². The smallest absolute Gasteiger partial charge is 0.233 e. The van der Waals surface area contributed by atoms with Crippen molar-refractivity contribution in [2.24, 2.45) is 28.7 Å². The molecule has 4 unspecified atom stereocenters. The summed E-state index contributed by atoms with van der Waals surface area (Å²) in [6, 6.07) is 5.13. The SMILES string of the molecule is CCNC(=NCc1ccc(N(C)C)c(F)c1)NCCCN1C(=O)C2C3C=CC(C3)C2C1=O. The number of anilines is 1. The second kappa shape index (κ2) is 9.30. The van der Waals surface area contributed by atoms with Gasteiger partial charge in [-0.3, -0.25) is 14.5 Å². The number of hydrogen-bond donors (Lipinski definition) is 2.